The Bertz CT molecular complexity index is 415. The van der Waals surface area contributed by atoms with Gasteiger partial charge in [0.2, 0.25) is 0 Å². The Balaban J connectivity index is 2.00. The third-order valence-electron chi connectivity index (χ3n) is 2.75. The molecule has 2 rings (SSSR count). The first-order valence-electron chi connectivity index (χ1n) is 5.75. The Labute approximate surface area is 101 Å². The van der Waals surface area contributed by atoms with Crippen molar-refractivity contribution >= 4 is 5.91 Å². The summed E-state index contributed by atoms with van der Waals surface area (Å²) in [6, 6.07) is 5.75. The van der Waals surface area contributed by atoms with E-state index in [9.17, 15) is 4.79 Å². The highest BCUT2D eigenvalue weighted by molar-refractivity contribution is 5.77. The second-order valence-corrected chi connectivity index (χ2v) is 4.30. The van der Waals surface area contributed by atoms with E-state index in [1.165, 1.54) is 10.5 Å². The van der Waals surface area contributed by atoms with Gasteiger partial charge in [-0.15, -0.1) is 0 Å². The van der Waals surface area contributed by atoms with Gasteiger partial charge in [-0.1, -0.05) is 6.07 Å². The summed E-state index contributed by atoms with van der Waals surface area (Å²) in [4.78, 5) is 12.9. The second kappa shape index (κ2) is 5.08. The molecule has 1 aliphatic heterocycles. The van der Waals surface area contributed by atoms with Gasteiger partial charge in [-0.3, -0.25) is 4.79 Å². The van der Waals surface area contributed by atoms with E-state index >= 15 is 0 Å². The van der Waals surface area contributed by atoms with E-state index in [0.717, 1.165) is 25.2 Å². The number of aryl methyl sites for hydroxylation is 1. The van der Waals surface area contributed by atoms with E-state index in [1.807, 2.05) is 18.2 Å². The van der Waals surface area contributed by atoms with Crippen molar-refractivity contribution in [3.8, 4) is 11.5 Å². The van der Waals surface area contributed by atoms with E-state index in [2.05, 4.69) is 0 Å². The molecule has 0 radical (unpaired) electrons. The third-order valence-corrected chi connectivity index (χ3v) is 2.75. The number of rotatable bonds is 3. The smallest absolute Gasteiger partial charge is 0.259 e. The molecular weight excluding hydrogens is 218 g/mol. The largest absolute Gasteiger partial charge is 0.493 e. The van der Waals surface area contributed by atoms with Crippen molar-refractivity contribution in [3.63, 3.8) is 0 Å². The van der Waals surface area contributed by atoms with Crippen molar-refractivity contribution < 1.29 is 14.3 Å². The molecule has 1 aliphatic rings. The molecule has 0 atom stereocenters. The quantitative estimate of drug-likeness (QED) is 0.796. The second-order valence-electron chi connectivity index (χ2n) is 4.30. The van der Waals surface area contributed by atoms with Crippen LogP contribution in [0.25, 0.3) is 0 Å². The van der Waals surface area contributed by atoms with Gasteiger partial charge in [0.1, 0.15) is 11.5 Å². The summed E-state index contributed by atoms with van der Waals surface area (Å²) in [5.41, 5.74) is 1.21. The zero-order valence-electron chi connectivity index (χ0n) is 10.2. The number of benzene rings is 1. The number of carbonyl (C=O) groups is 1. The lowest BCUT2D eigenvalue weighted by atomic mass is 10.1. The van der Waals surface area contributed by atoms with Crippen molar-refractivity contribution in [3.05, 3.63) is 23.8 Å². The molecule has 0 N–H and O–H groups in total. The highest BCUT2D eigenvalue weighted by atomic mass is 16.5. The van der Waals surface area contributed by atoms with Crippen LogP contribution in [0.2, 0.25) is 0 Å². The van der Waals surface area contributed by atoms with Crippen molar-refractivity contribution in [2.75, 3.05) is 27.3 Å². The zero-order valence-corrected chi connectivity index (χ0v) is 10.2. The van der Waals surface area contributed by atoms with Gasteiger partial charge in [0.15, 0.2) is 6.61 Å². The minimum Gasteiger partial charge on any atom is -0.493 e. The van der Waals surface area contributed by atoms with Crippen LogP contribution in [0.15, 0.2) is 18.2 Å². The van der Waals surface area contributed by atoms with Gasteiger partial charge in [0.05, 0.1) is 6.61 Å². The minimum absolute atomic E-state index is 0.0522. The fourth-order valence-electron chi connectivity index (χ4n) is 1.68. The summed E-state index contributed by atoms with van der Waals surface area (Å²) in [6.07, 6.45) is 2.11. The SMILES string of the molecule is CN(C)C(=O)COc1ccc2c(c1)OCCC2. The maximum absolute atomic E-state index is 11.4. The first kappa shape index (κ1) is 11.8. The predicted octanol–water partition coefficient (Wildman–Crippen LogP) is 1.48. The number of fused-ring (bicyclic) bond motifs is 1. The van der Waals surface area contributed by atoms with Crippen LogP contribution < -0.4 is 9.47 Å². The minimum atomic E-state index is -0.0522. The van der Waals surface area contributed by atoms with Gasteiger partial charge < -0.3 is 14.4 Å². The number of nitrogens with zero attached hydrogens (tertiary/aromatic N) is 1. The summed E-state index contributed by atoms with van der Waals surface area (Å²) in [5.74, 6) is 1.51. The molecule has 17 heavy (non-hydrogen) atoms. The Morgan fingerprint density at radius 1 is 1.47 bits per heavy atom. The standard InChI is InChI=1S/C13H17NO3/c1-14(2)13(15)9-17-11-6-5-10-4-3-7-16-12(10)8-11/h5-6,8H,3-4,7,9H2,1-2H3. The molecule has 0 bridgehead atoms. The Hall–Kier alpha value is -1.71. The summed E-state index contributed by atoms with van der Waals surface area (Å²) in [7, 11) is 3.42. The van der Waals surface area contributed by atoms with Crippen LogP contribution in [0.4, 0.5) is 0 Å². The molecule has 0 aromatic heterocycles. The maximum Gasteiger partial charge on any atom is 0.259 e. The van der Waals surface area contributed by atoms with Gasteiger partial charge in [-0.05, 0) is 24.5 Å². The topological polar surface area (TPSA) is 38.8 Å². The number of carbonyl (C=O) groups excluding carboxylic acids is 1. The van der Waals surface area contributed by atoms with Gasteiger partial charge in [-0.2, -0.15) is 0 Å². The lowest BCUT2D eigenvalue weighted by molar-refractivity contribution is -0.130. The highest BCUT2D eigenvalue weighted by Gasteiger charge is 2.12. The van der Waals surface area contributed by atoms with Crippen LogP contribution in [0.1, 0.15) is 12.0 Å². The number of likely N-dealkylation sites (N-methyl/N-ethyl adjacent to an activating group) is 1. The molecule has 4 nitrogen and oxygen atoms in total. The molecule has 0 aliphatic carbocycles. The van der Waals surface area contributed by atoms with E-state index in [-0.39, 0.29) is 12.5 Å². The Kier molecular flexibility index (Phi) is 3.52. The fourth-order valence-corrected chi connectivity index (χ4v) is 1.68. The van der Waals surface area contributed by atoms with Crippen LogP contribution in [0, 0.1) is 0 Å². The zero-order chi connectivity index (χ0) is 12.3. The van der Waals surface area contributed by atoms with Gasteiger partial charge >= 0.3 is 0 Å². The Morgan fingerprint density at radius 2 is 2.29 bits per heavy atom. The molecule has 1 heterocycles. The maximum atomic E-state index is 11.4. The van der Waals surface area contributed by atoms with Gasteiger partial charge in [0, 0.05) is 20.2 Å². The third kappa shape index (κ3) is 2.90. The van der Waals surface area contributed by atoms with E-state index in [1.54, 1.807) is 14.1 Å². The first-order valence-corrected chi connectivity index (χ1v) is 5.75. The first-order chi connectivity index (χ1) is 8.16. The Morgan fingerprint density at radius 3 is 3.06 bits per heavy atom. The van der Waals surface area contributed by atoms with Crippen LogP contribution in [0.3, 0.4) is 0 Å². The molecule has 1 aromatic carbocycles. The number of hydrogen-bond acceptors (Lipinski definition) is 3. The van der Waals surface area contributed by atoms with Crippen molar-refractivity contribution in [1.29, 1.82) is 0 Å². The normalized spacial score (nSPS) is 13.5. The van der Waals surface area contributed by atoms with Crippen LogP contribution >= 0.6 is 0 Å². The summed E-state index contributed by atoms with van der Waals surface area (Å²) in [6.45, 7) is 0.818. The molecule has 0 fully saturated rings. The molecule has 4 heteroatoms. The molecule has 1 aromatic rings. The van der Waals surface area contributed by atoms with Crippen LogP contribution in [-0.2, 0) is 11.2 Å². The molecular formula is C13H17NO3. The van der Waals surface area contributed by atoms with E-state index < -0.39 is 0 Å². The summed E-state index contributed by atoms with van der Waals surface area (Å²) in [5, 5.41) is 0. The molecule has 0 unspecified atom stereocenters. The average Bonchev–Trinajstić information content (AvgIpc) is 2.35. The molecule has 0 spiro atoms. The number of hydrogen-bond donors (Lipinski definition) is 0. The predicted molar refractivity (Wildman–Crippen MR) is 64.4 cm³/mol. The van der Waals surface area contributed by atoms with Crippen molar-refractivity contribution in [2.24, 2.45) is 0 Å². The molecule has 0 saturated carbocycles. The lowest BCUT2D eigenvalue weighted by Crippen LogP contribution is -2.27. The summed E-state index contributed by atoms with van der Waals surface area (Å²) >= 11 is 0. The van der Waals surface area contributed by atoms with Crippen LogP contribution in [-0.4, -0.2) is 38.1 Å². The van der Waals surface area contributed by atoms with Crippen molar-refractivity contribution in [1.82, 2.24) is 4.90 Å². The van der Waals surface area contributed by atoms with E-state index in [0.29, 0.717) is 5.75 Å². The number of ether oxygens (including phenoxy) is 2. The highest BCUT2D eigenvalue weighted by Crippen LogP contribution is 2.28. The fraction of sp³-hybridized carbons (Fsp3) is 0.462. The monoisotopic (exact) mass is 235 g/mol. The summed E-state index contributed by atoms with van der Waals surface area (Å²) < 4.78 is 11.0. The van der Waals surface area contributed by atoms with Gasteiger partial charge in [0.25, 0.3) is 5.91 Å². The average molecular weight is 235 g/mol. The van der Waals surface area contributed by atoms with Gasteiger partial charge in [-0.25, -0.2) is 0 Å². The van der Waals surface area contributed by atoms with Crippen molar-refractivity contribution in [2.45, 2.75) is 12.8 Å². The molecule has 92 valence electrons. The number of amides is 1. The molecule has 1 amide bonds. The van der Waals surface area contributed by atoms with Crippen LogP contribution in [0.5, 0.6) is 11.5 Å². The van der Waals surface area contributed by atoms with E-state index in [4.69, 9.17) is 9.47 Å². The molecule has 0 saturated heterocycles. The lowest BCUT2D eigenvalue weighted by Gasteiger charge is -2.18.